The Morgan fingerprint density at radius 3 is 2.30 bits per heavy atom. The predicted molar refractivity (Wildman–Crippen MR) is 129 cm³/mol. The number of benzene rings is 3. The molecule has 0 saturated heterocycles. The van der Waals surface area contributed by atoms with Crippen molar-refractivity contribution in [2.45, 2.75) is 13.8 Å². The number of nitrogens with one attached hydrogen (secondary N) is 2. The van der Waals surface area contributed by atoms with Crippen LogP contribution in [0.3, 0.4) is 0 Å². The number of anilines is 3. The van der Waals surface area contributed by atoms with Gasteiger partial charge in [0, 0.05) is 24.9 Å². The molecule has 3 aromatic carbocycles. The van der Waals surface area contributed by atoms with Crippen LogP contribution in [0.15, 0.2) is 54.6 Å². The topological polar surface area (TPSA) is 124 Å². The Morgan fingerprint density at radius 2 is 1.73 bits per heavy atom. The van der Waals surface area contributed by atoms with Crippen LogP contribution in [0.25, 0.3) is 6.08 Å². The summed E-state index contributed by atoms with van der Waals surface area (Å²) in [4.78, 5) is 12.5. The van der Waals surface area contributed by atoms with Gasteiger partial charge in [0.25, 0.3) is 5.91 Å². The zero-order chi connectivity index (χ0) is 24.0. The van der Waals surface area contributed by atoms with Gasteiger partial charge in [-0.15, -0.1) is 0 Å². The number of ether oxygens (including phenoxy) is 1. The van der Waals surface area contributed by atoms with Crippen LogP contribution in [0.2, 0.25) is 0 Å². The zero-order valence-corrected chi connectivity index (χ0v) is 18.6. The molecular formula is C26H23N5O2. The number of aryl methyl sites for hydroxylation is 2. The first-order valence-corrected chi connectivity index (χ1v) is 10.1. The van der Waals surface area contributed by atoms with E-state index in [-0.39, 0.29) is 5.91 Å². The minimum Gasteiger partial charge on any atom is -0.456 e. The van der Waals surface area contributed by atoms with Crippen molar-refractivity contribution in [3.63, 3.8) is 0 Å². The lowest BCUT2D eigenvalue weighted by atomic mass is 10.0. The molecule has 33 heavy (non-hydrogen) atoms. The second-order valence-electron chi connectivity index (χ2n) is 7.38. The lowest BCUT2D eigenvalue weighted by molar-refractivity contribution is 0.0961. The van der Waals surface area contributed by atoms with Gasteiger partial charge in [-0.25, -0.2) is 0 Å². The van der Waals surface area contributed by atoms with E-state index in [0.717, 1.165) is 22.4 Å². The highest BCUT2D eigenvalue weighted by Crippen LogP contribution is 2.37. The molecule has 3 aromatic rings. The number of nitrogen functional groups attached to an aromatic ring is 1. The number of allylic oxidation sites excluding steroid dienone is 1. The molecule has 0 aromatic heterocycles. The molecule has 0 radical (unpaired) electrons. The van der Waals surface area contributed by atoms with Crippen molar-refractivity contribution in [1.29, 1.82) is 10.5 Å². The van der Waals surface area contributed by atoms with Gasteiger partial charge >= 0.3 is 0 Å². The number of carbonyl (C=O) groups is 1. The number of nitriles is 2. The van der Waals surface area contributed by atoms with Crippen molar-refractivity contribution in [3.8, 4) is 23.6 Å². The van der Waals surface area contributed by atoms with Crippen LogP contribution < -0.4 is 21.1 Å². The summed E-state index contributed by atoms with van der Waals surface area (Å²) in [6, 6.07) is 18.1. The average molecular weight is 438 g/mol. The monoisotopic (exact) mass is 437 g/mol. The lowest BCUT2D eigenvalue weighted by Crippen LogP contribution is -2.19. The molecule has 0 aliphatic carbocycles. The summed E-state index contributed by atoms with van der Waals surface area (Å²) in [6.07, 6.45) is 3.14. The molecule has 0 saturated carbocycles. The molecule has 0 bridgehead atoms. The van der Waals surface area contributed by atoms with E-state index in [1.165, 1.54) is 13.1 Å². The molecule has 164 valence electrons. The molecule has 0 aliphatic heterocycles. The summed E-state index contributed by atoms with van der Waals surface area (Å²) in [5.74, 6) is 0.625. The SMILES string of the molecule is CNC(=O)c1cc(N)c(Nc2ccc(C#N)cc2)cc1Oc1c(C)cc(/C=C/C#N)cc1C. The van der Waals surface area contributed by atoms with Crippen molar-refractivity contribution in [2.75, 3.05) is 18.1 Å². The van der Waals surface area contributed by atoms with E-state index in [1.54, 1.807) is 42.5 Å². The Kier molecular flexibility index (Phi) is 6.97. The Bertz CT molecular complexity index is 1290. The predicted octanol–water partition coefficient (Wildman–Crippen LogP) is 5.19. The molecule has 4 N–H and O–H groups in total. The highest BCUT2D eigenvalue weighted by molar-refractivity contribution is 5.99. The third-order valence-corrected chi connectivity index (χ3v) is 4.96. The first kappa shape index (κ1) is 22.9. The Hall–Kier alpha value is -4.75. The molecule has 0 aliphatic rings. The highest BCUT2D eigenvalue weighted by Gasteiger charge is 2.18. The van der Waals surface area contributed by atoms with Gasteiger partial charge in [-0.1, -0.05) is 0 Å². The van der Waals surface area contributed by atoms with Gasteiger partial charge in [0.05, 0.1) is 34.6 Å². The normalized spacial score (nSPS) is 10.3. The molecular weight excluding hydrogens is 414 g/mol. The minimum absolute atomic E-state index is 0.299. The highest BCUT2D eigenvalue weighted by atomic mass is 16.5. The molecule has 7 heteroatoms. The Balaban J connectivity index is 2.03. The van der Waals surface area contributed by atoms with Gasteiger partial charge in [0.15, 0.2) is 0 Å². The van der Waals surface area contributed by atoms with Crippen LogP contribution in [0.1, 0.15) is 32.6 Å². The van der Waals surface area contributed by atoms with E-state index in [9.17, 15) is 4.79 Å². The number of amides is 1. The van der Waals surface area contributed by atoms with Gasteiger partial charge in [-0.05, 0) is 79.1 Å². The average Bonchev–Trinajstić information content (AvgIpc) is 2.81. The van der Waals surface area contributed by atoms with Crippen LogP contribution in [-0.2, 0) is 0 Å². The van der Waals surface area contributed by atoms with Crippen LogP contribution in [0.4, 0.5) is 17.1 Å². The molecule has 0 fully saturated rings. The van der Waals surface area contributed by atoms with Crippen molar-refractivity contribution in [1.82, 2.24) is 5.32 Å². The first-order valence-electron chi connectivity index (χ1n) is 10.1. The van der Waals surface area contributed by atoms with Crippen LogP contribution in [0, 0.1) is 36.5 Å². The molecule has 7 nitrogen and oxygen atoms in total. The second kappa shape index (κ2) is 10.0. The molecule has 0 unspecified atom stereocenters. The summed E-state index contributed by atoms with van der Waals surface area (Å²) in [7, 11) is 1.54. The number of nitrogens with zero attached hydrogens (tertiary/aromatic N) is 2. The van der Waals surface area contributed by atoms with Crippen molar-refractivity contribution in [2.24, 2.45) is 0 Å². The third-order valence-electron chi connectivity index (χ3n) is 4.96. The van der Waals surface area contributed by atoms with Gasteiger partial charge in [0.2, 0.25) is 0 Å². The van der Waals surface area contributed by atoms with Crippen LogP contribution >= 0.6 is 0 Å². The maximum absolute atomic E-state index is 12.5. The van der Waals surface area contributed by atoms with Crippen LogP contribution in [-0.4, -0.2) is 13.0 Å². The van der Waals surface area contributed by atoms with E-state index in [0.29, 0.717) is 34.0 Å². The van der Waals surface area contributed by atoms with E-state index in [2.05, 4.69) is 16.7 Å². The largest absolute Gasteiger partial charge is 0.456 e. The molecule has 0 atom stereocenters. The summed E-state index contributed by atoms with van der Waals surface area (Å²) in [5, 5.41) is 23.6. The van der Waals surface area contributed by atoms with Gasteiger partial charge in [0.1, 0.15) is 11.5 Å². The van der Waals surface area contributed by atoms with E-state index >= 15 is 0 Å². The van der Waals surface area contributed by atoms with E-state index < -0.39 is 0 Å². The van der Waals surface area contributed by atoms with Crippen LogP contribution in [0.5, 0.6) is 11.5 Å². The first-order chi connectivity index (χ1) is 15.9. The third kappa shape index (κ3) is 5.30. The summed E-state index contributed by atoms with van der Waals surface area (Å²) >= 11 is 0. The summed E-state index contributed by atoms with van der Waals surface area (Å²) in [6.45, 7) is 3.80. The number of nitrogens with two attached hydrogens (primary N) is 1. The second-order valence-corrected chi connectivity index (χ2v) is 7.38. The Labute approximate surface area is 192 Å². The van der Waals surface area contributed by atoms with Gasteiger partial charge in [-0.2, -0.15) is 10.5 Å². The summed E-state index contributed by atoms with van der Waals surface area (Å²) in [5.41, 5.74) is 11.3. The van der Waals surface area contributed by atoms with Gasteiger partial charge in [-0.3, -0.25) is 4.79 Å². The number of hydrogen-bond donors (Lipinski definition) is 3. The maximum atomic E-state index is 12.5. The smallest absolute Gasteiger partial charge is 0.254 e. The van der Waals surface area contributed by atoms with Crippen molar-refractivity contribution < 1.29 is 9.53 Å². The number of rotatable bonds is 6. The van der Waals surface area contributed by atoms with Crippen molar-refractivity contribution in [3.05, 3.63) is 82.4 Å². The maximum Gasteiger partial charge on any atom is 0.254 e. The molecule has 0 spiro atoms. The minimum atomic E-state index is -0.328. The number of hydrogen-bond acceptors (Lipinski definition) is 6. The van der Waals surface area contributed by atoms with E-state index in [4.69, 9.17) is 21.0 Å². The number of carbonyl (C=O) groups excluding carboxylic acids is 1. The summed E-state index contributed by atoms with van der Waals surface area (Å²) < 4.78 is 6.23. The molecule has 3 rings (SSSR count). The standard InChI is InChI=1S/C26H23N5O2/c1-16-11-19(5-4-10-27)12-17(2)25(16)33-24-14-23(22(29)13-21(24)26(32)30-3)31-20-8-6-18(15-28)7-9-20/h4-9,11-14,31H,29H2,1-3H3,(H,30,32)/b5-4+. The quantitative estimate of drug-likeness (QED) is 0.360. The molecule has 1 amide bonds. The Morgan fingerprint density at radius 1 is 1.06 bits per heavy atom. The van der Waals surface area contributed by atoms with Gasteiger partial charge < -0.3 is 21.1 Å². The van der Waals surface area contributed by atoms with E-state index in [1.807, 2.05) is 32.0 Å². The zero-order valence-electron chi connectivity index (χ0n) is 18.6. The molecule has 0 heterocycles. The fraction of sp³-hybridized carbons (Fsp3) is 0.115. The van der Waals surface area contributed by atoms with Crippen molar-refractivity contribution >= 4 is 29.0 Å². The fourth-order valence-corrected chi connectivity index (χ4v) is 3.37. The fourth-order valence-electron chi connectivity index (χ4n) is 3.37. The lowest BCUT2D eigenvalue weighted by Gasteiger charge is -2.18.